The van der Waals surface area contributed by atoms with Gasteiger partial charge in [-0.15, -0.1) is 0 Å². The summed E-state index contributed by atoms with van der Waals surface area (Å²) in [5.74, 6) is 0.844. The number of rotatable bonds is 2. The first-order valence-electron chi connectivity index (χ1n) is 5.46. The van der Waals surface area contributed by atoms with Crippen LogP contribution in [-0.2, 0) is 0 Å². The van der Waals surface area contributed by atoms with Gasteiger partial charge in [-0.05, 0) is 36.4 Å². The first-order valence-corrected chi connectivity index (χ1v) is 5.46. The molecular formula is C14H11N3. The summed E-state index contributed by atoms with van der Waals surface area (Å²) in [4.78, 5) is 11.9. The number of nitrogens with one attached hydrogen (secondary N) is 1. The van der Waals surface area contributed by atoms with Gasteiger partial charge in [-0.2, -0.15) is 0 Å². The summed E-state index contributed by atoms with van der Waals surface area (Å²) < 4.78 is 0. The standard InChI is InChI=1S/C14H11N3/c1-2-7-13-12(6-1)16-14(17-13)9-8-11-5-3-4-10-15-11/h1-10H,(H,16,17). The second kappa shape index (κ2) is 4.22. The van der Waals surface area contributed by atoms with Gasteiger partial charge in [0.1, 0.15) is 5.82 Å². The van der Waals surface area contributed by atoms with Crippen LogP contribution in [0.4, 0.5) is 0 Å². The summed E-state index contributed by atoms with van der Waals surface area (Å²) >= 11 is 0. The molecule has 3 rings (SSSR count). The Labute approximate surface area is 98.9 Å². The highest BCUT2D eigenvalue weighted by molar-refractivity contribution is 5.78. The van der Waals surface area contributed by atoms with E-state index >= 15 is 0 Å². The third-order valence-corrected chi connectivity index (χ3v) is 2.51. The first kappa shape index (κ1) is 9.78. The van der Waals surface area contributed by atoms with E-state index in [0.717, 1.165) is 22.6 Å². The van der Waals surface area contributed by atoms with Gasteiger partial charge in [-0.1, -0.05) is 18.2 Å². The molecule has 1 N–H and O–H groups in total. The summed E-state index contributed by atoms with van der Waals surface area (Å²) in [7, 11) is 0. The van der Waals surface area contributed by atoms with Crippen LogP contribution >= 0.6 is 0 Å². The zero-order chi connectivity index (χ0) is 11.5. The molecule has 0 amide bonds. The monoisotopic (exact) mass is 221 g/mol. The molecular weight excluding hydrogens is 210 g/mol. The van der Waals surface area contributed by atoms with Crippen LogP contribution in [0.1, 0.15) is 11.5 Å². The number of H-pyrrole nitrogens is 1. The minimum absolute atomic E-state index is 0.844. The van der Waals surface area contributed by atoms with E-state index in [1.807, 2.05) is 54.6 Å². The molecule has 0 spiro atoms. The molecule has 3 aromatic rings. The number of para-hydroxylation sites is 2. The first-order chi connectivity index (χ1) is 8.42. The van der Waals surface area contributed by atoms with Gasteiger partial charge in [-0.3, -0.25) is 4.98 Å². The number of fused-ring (bicyclic) bond motifs is 1. The number of hydrogen-bond acceptors (Lipinski definition) is 2. The predicted octanol–water partition coefficient (Wildman–Crippen LogP) is 3.13. The predicted molar refractivity (Wildman–Crippen MR) is 69.3 cm³/mol. The Morgan fingerprint density at radius 3 is 2.65 bits per heavy atom. The maximum atomic E-state index is 4.46. The van der Waals surface area contributed by atoms with Crippen molar-refractivity contribution in [2.75, 3.05) is 0 Å². The summed E-state index contributed by atoms with van der Waals surface area (Å²) in [5.41, 5.74) is 2.95. The highest BCUT2D eigenvalue weighted by Crippen LogP contribution is 2.11. The van der Waals surface area contributed by atoms with Gasteiger partial charge in [0.05, 0.1) is 16.7 Å². The van der Waals surface area contributed by atoms with Gasteiger partial charge in [0.2, 0.25) is 0 Å². The van der Waals surface area contributed by atoms with Crippen LogP contribution in [0.15, 0.2) is 48.7 Å². The molecule has 0 bridgehead atoms. The molecule has 0 aliphatic rings. The smallest absolute Gasteiger partial charge is 0.131 e. The lowest BCUT2D eigenvalue weighted by atomic mass is 10.3. The number of aromatic amines is 1. The number of hydrogen-bond donors (Lipinski definition) is 1. The van der Waals surface area contributed by atoms with E-state index in [0.29, 0.717) is 0 Å². The van der Waals surface area contributed by atoms with Crippen LogP contribution in [0.5, 0.6) is 0 Å². The van der Waals surface area contributed by atoms with Crippen LogP contribution in [0.25, 0.3) is 23.2 Å². The van der Waals surface area contributed by atoms with E-state index in [9.17, 15) is 0 Å². The van der Waals surface area contributed by atoms with Crippen LogP contribution in [0, 0.1) is 0 Å². The number of benzene rings is 1. The van der Waals surface area contributed by atoms with Crippen molar-refractivity contribution in [1.82, 2.24) is 15.0 Å². The van der Waals surface area contributed by atoms with Crippen molar-refractivity contribution in [3.8, 4) is 0 Å². The molecule has 0 fully saturated rings. The maximum absolute atomic E-state index is 4.46. The van der Waals surface area contributed by atoms with Gasteiger partial charge in [0.25, 0.3) is 0 Å². The van der Waals surface area contributed by atoms with E-state index in [-0.39, 0.29) is 0 Å². The quantitative estimate of drug-likeness (QED) is 0.722. The minimum Gasteiger partial charge on any atom is -0.338 e. The number of imidazole rings is 1. The normalized spacial score (nSPS) is 11.3. The molecule has 82 valence electrons. The molecule has 1 aromatic carbocycles. The van der Waals surface area contributed by atoms with Gasteiger partial charge in [0.15, 0.2) is 0 Å². The largest absolute Gasteiger partial charge is 0.338 e. The van der Waals surface area contributed by atoms with E-state index in [2.05, 4.69) is 15.0 Å². The molecule has 0 aliphatic heterocycles. The van der Waals surface area contributed by atoms with E-state index in [1.54, 1.807) is 6.20 Å². The van der Waals surface area contributed by atoms with Crippen LogP contribution < -0.4 is 0 Å². The van der Waals surface area contributed by atoms with Crippen molar-refractivity contribution in [3.63, 3.8) is 0 Å². The second-order valence-electron chi connectivity index (χ2n) is 3.73. The topological polar surface area (TPSA) is 41.6 Å². The van der Waals surface area contributed by atoms with E-state index in [4.69, 9.17) is 0 Å². The molecule has 0 saturated carbocycles. The van der Waals surface area contributed by atoms with E-state index in [1.165, 1.54) is 0 Å². The van der Waals surface area contributed by atoms with Crippen LogP contribution in [0.3, 0.4) is 0 Å². The number of pyridine rings is 1. The fourth-order valence-corrected chi connectivity index (χ4v) is 1.69. The molecule has 2 heterocycles. The highest BCUT2D eigenvalue weighted by atomic mass is 14.9. The third kappa shape index (κ3) is 2.08. The van der Waals surface area contributed by atoms with Crippen molar-refractivity contribution in [1.29, 1.82) is 0 Å². The Hall–Kier alpha value is -2.42. The zero-order valence-electron chi connectivity index (χ0n) is 9.17. The van der Waals surface area contributed by atoms with Crippen molar-refractivity contribution in [2.24, 2.45) is 0 Å². The van der Waals surface area contributed by atoms with Crippen LogP contribution in [-0.4, -0.2) is 15.0 Å². The molecule has 0 aliphatic carbocycles. The van der Waals surface area contributed by atoms with Gasteiger partial charge in [0, 0.05) is 6.20 Å². The molecule has 0 radical (unpaired) electrons. The van der Waals surface area contributed by atoms with Crippen molar-refractivity contribution >= 4 is 23.2 Å². The molecule has 3 nitrogen and oxygen atoms in total. The van der Waals surface area contributed by atoms with Gasteiger partial charge < -0.3 is 4.98 Å². The summed E-state index contributed by atoms with van der Waals surface area (Å²) in [6.07, 6.45) is 5.65. The lowest BCUT2D eigenvalue weighted by Crippen LogP contribution is -1.78. The molecule has 3 heteroatoms. The Bertz CT molecular complexity index is 620. The van der Waals surface area contributed by atoms with Gasteiger partial charge >= 0.3 is 0 Å². The summed E-state index contributed by atoms with van der Waals surface area (Å²) in [6, 6.07) is 13.8. The molecule has 0 saturated heterocycles. The average Bonchev–Trinajstić information content (AvgIpc) is 2.80. The average molecular weight is 221 g/mol. The molecule has 0 atom stereocenters. The Kier molecular flexibility index (Phi) is 2.43. The Balaban J connectivity index is 1.92. The van der Waals surface area contributed by atoms with Crippen molar-refractivity contribution in [2.45, 2.75) is 0 Å². The van der Waals surface area contributed by atoms with Crippen molar-refractivity contribution in [3.05, 3.63) is 60.2 Å². The number of nitrogens with zero attached hydrogens (tertiary/aromatic N) is 2. The second-order valence-corrected chi connectivity index (χ2v) is 3.73. The Morgan fingerprint density at radius 1 is 0.941 bits per heavy atom. The molecule has 0 unspecified atom stereocenters. The highest BCUT2D eigenvalue weighted by Gasteiger charge is 1.97. The zero-order valence-corrected chi connectivity index (χ0v) is 9.17. The number of aromatic nitrogens is 3. The summed E-state index contributed by atoms with van der Waals surface area (Å²) in [6.45, 7) is 0. The fraction of sp³-hybridized carbons (Fsp3) is 0. The van der Waals surface area contributed by atoms with Gasteiger partial charge in [-0.25, -0.2) is 4.98 Å². The molecule has 2 aromatic heterocycles. The third-order valence-electron chi connectivity index (χ3n) is 2.51. The molecule has 17 heavy (non-hydrogen) atoms. The minimum atomic E-state index is 0.844. The van der Waals surface area contributed by atoms with Crippen LogP contribution in [0.2, 0.25) is 0 Å². The van der Waals surface area contributed by atoms with Crippen molar-refractivity contribution < 1.29 is 0 Å². The van der Waals surface area contributed by atoms with E-state index < -0.39 is 0 Å². The lowest BCUT2D eigenvalue weighted by Gasteiger charge is -1.88. The maximum Gasteiger partial charge on any atom is 0.131 e. The summed E-state index contributed by atoms with van der Waals surface area (Å²) in [5, 5.41) is 0. The Morgan fingerprint density at radius 2 is 1.82 bits per heavy atom. The lowest BCUT2D eigenvalue weighted by molar-refractivity contribution is 1.28. The fourth-order valence-electron chi connectivity index (χ4n) is 1.69. The SMILES string of the molecule is C(=Cc1nc2ccccc2[nH]1)c1ccccn1.